The van der Waals surface area contributed by atoms with Gasteiger partial charge in [-0.1, -0.05) is 15.9 Å². The van der Waals surface area contributed by atoms with Crippen molar-refractivity contribution in [2.24, 2.45) is 10.8 Å². The third kappa shape index (κ3) is 3.79. The highest BCUT2D eigenvalue weighted by Gasteiger charge is 2.05. The van der Waals surface area contributed by atoms with Crippen molar-refractivity contribution < 1.29 is 4.39 Å². The van der Waals surface area contributed by atoms with Gasteiger partial charge in [-0.05, 0) is 32.0 Å². The monoisotopic (exact) mass is 288 g/mol. The molecule has 1 rings (SSSR count). The third-order valence-electron chi connectivity index (χ3n) is 1.71. The molecule has 16 heavy (non-hydrogen) atoms. The molecule has 0 bridgehead atoms. The molecule has 6 heteroatoms. The van der Waals surface area contributed by atoms with E-state index in [1.165, 1.54) is 6.07 Å². The summed E-state index contributed by atoms with van der Waals surface area (Å²) in [5.74, 6) is 5.24. The predicted molar refractivity (Wildman–Crippen MR) is 67.6 cm³/mol. The highest BCUT2D eigenvalue weighted by Crippen LogP contribution is 2.19. The molecule has 0 saturated carbocycles. The van der Waals surface area contributed by atoms with E-state index >= 15 is 0 Å². The quantitative estimate of drug-likeness (QED) is 0.338. The number of nitrogens with one attached hydrogen (secondary N) is 2. The normalized spacial score (nSPS) is 11.8. The number of nitrogens with zero attached hydrogens (tertiary/aromatic N) is 1. The van der Waals surface area contributed by atoms with Gasteiger partial charge in [-0.3, -0.25) is 5.43 Å². The number of guanidine groups is 1. The van der Waals surface area contributed by atoms with Crippen molar-refractivity contribution in [3.63, 3.8) is 0 Å². The number of anilines is 1. The van der Waals surface area contributed by atoms with Gasteiger partial charge in [0.25, 0.3) is 0 Å². The molecule has 88 valence electrons. The van der Waals surface area contributed by atoms with Gasteiger partial charge in [-0.25, -0.2) is 15.2 Å². The Morgan fingerprint density at radius 3 is 2.75 bits per heavy atom. The minimum Gasteiger partial charge on any atom is -0.323 e. The molecule has 0 unspecified atom stereocenters. The van der Waals surface area contributed by atoms with E-state index in [1.54, 1.807) is 12.1 Å². The maximum atomic E-state index is 13.4. The number of hydrazine groups is 1. The molecule has 1 aromatic rings. The van der Waals surface area contributed by atoms with Gasteiger partial charge in [0, 0.05) is 10.5 Å². The summed E-state index contributed by atoms with van der Waals surface area (Å²) in [5, 5.41) is 2.78. The van der Waals surface area contributed by atoms with Gasteiger partial charge in [0.1, 0.15) is 5.82 Å². The van der Waals surface area contributed by atoms with E-state index in [-0.39, 0.29) is 11.9 Å². The fraction of sp³-hybridized carbons (Fsp3) is 0.300. The van der Waals surface area contributed by atoms with E-state index in [0.29, 0.717) is 11.6 Å². The first kappa shape index (κ1) is 12.9. The molecule has 1 aromatic carbocycles. The van der Waals surface area contributed by atoms with Gasteiger partial charge < -0.3 is 5.32 Å². The molecular weight excluding hydrogens is 275 g/mol. The van der Waals surface area contributed by atoms with E-state index in [0.717, 1.165) is 4.47 Å². The second-order valence-electron chi connectivity index (χ2n) is 3.46. The number of rotatable bonds is 2. The molecule has 0 aromatic heterocycles. The molecular formula is C10H14BrFN4. The maximum Gasteiger partial charge on any atom is 0.210 e. The van der Waals surface area contributed by atoms with Crippen molar-refractivity contribution in [2.45, 2.75) is 19.9 Å². The first-order valence-corrected chi connectivity index (χ1v) is 5.58. The summed E-state index contributed by atoms with van der Waals surface area (Å²) in [6.07, 6.45) is 0. The van der Waals surface area contributed by atoms with Crippen LogP contribution in [0, 0.1) is 5.82 Å². The standard InChI is InChI=1S/C10H14BrFN4/c1-6(2)14-10(16-13)15-9-5-7(11)3-4-8(9)12/h3-6H,13H2,1-2H3,(H2,14,15,16). The highest BCUT2D eigenvalue weighted by molar-refractivity contribution is 9.10. The zero-order valence-corrected chi connectivity index (χ0v) is 10.7. The second-order valence-corrected chi connectivity index (χ2v) is 4.38. The maximum absolute atomic E-state index is 13.4. The van der Waals surface area contributed by atoms with E-state index in [9.17, 15) is 4.39 Å². The number of hydrogen-bond donors (Lipinski definition) is 3. The molecule has 0 aliphatic heterocycles. The van der Waals surface area contributed by atoms with Crippen LogP contribution in [0.4, 0.5) is 10.1 Å². The van der Waals surface area contributed by atoms with Gasteiger partial charge in [-0.15, -0.1) is 0 Å². The lowest BCUT2D eigenvalue weighted by Crippen LogP contribution is -2.37. The first-order valence-electron chi connectivity index (χ1n) is 4.79. The molecule has 0 atom stereocenters. The van der Waals surface area contributed by atoms with E-state index in [4.69, 9.17) is 5.84 Å². The van der Waals surface area contributed by atoms with Crippen LogP contribution in [0.25, 0.3) is 0 Å². The summed E-state index contributed by atoms with van der Waals surface area (Å²) < 4.78 is 14.2. The molecule has 0 spiro atoms. The number of hydrogen-bond acceptors (Lipinski definition) is 2. The predicted octanol–water partition coefficient (Wildman–Crippen LogP) is 2.23. The van der Waals surface area contributed by atoms with Crippen LogP contribution in [0.3, 0.4) is 0 Å². The van der Waals surface area contributed by atoms with Crippen molar-refractivity contribution in [1.82, 2.24) is 5.43 Å². The second kappa shape index (κ2) is 5.81. The van der Waals surface area contributed by atoms with Crippen LogP contribution in [0.15, 0.2) is 27.7 Å². The fourth-order valence-electron chi connectivity index (χ4n) is 1.08. The molecule has 4 N–H and O–H groups in total. The zero-order chi connectivity index (χ0) is 12.1. The lowest BCUT2D eigenvalue weighted by atomic mass is 10.3. The largest absolute Gasteiger partial charge is 0.323 e. The summed E-state index contributed by atoms with van der Waals surface area (Å²) in [7, 11) is 0. The summed E-state index contributed by atoms with van der Waals surface area (Å²) >= 11 is 3.26. The van der Waals surface area contributed by atoms with Crippen LogP contribution >= 0.6 is 15.9 Å². The first-order chi connectivity index (χ1) is 7.52. The molecule has 4 nitrogen and oxygen atoms in total. The number of aliphatic imine (C=N–C) groups is 1. The van der Waals surface area contributed by atoms with Gasteiger partial charge in [0.2, 0.25) is 5.96 Å². The van der Waals surface area contributed by atoms with Crippen molar-refractivity contribution >= 4 is 27.6 Å². The summed E-state index contributed by atoms with van der Waals surface area (Å²) in [6, 6.07) is 4.66. The van der Waals surface area contributed by atoms with Crippen LogP contribution in [-0.4, -0.2) is 12.0 Å². The van der Waals surface area contributed by atoms with Crippen LogP contribution in [0.1, 0.15) is 13.8 Å². The third-order valence-corrected chi connectivity index (χ3v) is 2.20. The highest BCUT2D eigenvalue weighted by atomic mass is 79.9. The Morgan fingerprint density at radius 2 is 2.19 bits per heavy atom. The number of halogens is 2. The Balaban J connectivity index is 2.90. The fourth-order valence-corrected chi connectivity index (χ4v) is 1.45. The average Bonchev–Trinajstić information content (AvgIpc) is 2.21. The summed E-state index contributed by atoms with van der Waals surface area (Å²) in [6.45, 7) is 3.80. The Bertz CT molecular complexity index is 392. The zero-order valence-electron chi connectivity index (χ0n) is 9.09. The SMILES string of the molecule is CC(C)N=C(NN)Nc1cc(Br)ccc1F. The molecule has 0 heterocycles. The molecule has 0 saturated heterocycles. The molecule has 0 aliphatic rings. The van der Waals surface area contributed by atoms with E-state index in [1.807, 2.05) is 13.8 Å². The van der Waals surface area contributed by atoms with Crippen LogP contribution in [0.2, 0.25) is 0 Å². The van der Waals surface area contributed by atoms with Gasteiger partial charge in [0.15, 0.2) is 0 Å². The Labute approximate surface area is 102 Å². The molecule has 0 fully saturated rings. The van der Waals surface area contributed by atoms with Gasteiger partial charge >= 0.3 is 0 Å². The van der Waals surface area contributed by atoms with Crippen molar-refractivity contribution in [3.05, 3.63) is 28.5 Å². The van der Waals surface area contributed by atoms with E-state index < -0.39 is 0 Å². The minimum atomic E-state index is -0.366. The summed E-state index contributed by atoms with van der Waals surface area (Å²) in [5.41, 5.74) is 2.70. The molecule has 0 aliphatic carbocycles. The Hall–Kier alpha value is -1.14. The van der Waals surface area contributed by atoms with Crippen LogP contribution in [0.5, 0.6) is 0 Å². The lowest BCUT2D eigenvalue weighted by molar-refractivity contribution is 0.631. The average molecular weight is 289 g/mol. The smallest absolute Gasteiger partial charge is 0.210 e. The lowest BCUT2D eigenvalue weighted by Gasteiger charge is -2.11. The summed E-state index contributed by atoms with van der Waals surface area (Å²) in [4.78, 5) is 4.15. The number of nitrogens with two attached hydrogens (primary N) is 1. The van der Waals surface area contributed by atoms with Crippen LogP contribution < -0.4 is 16.6 Å². The molecule has 0 amide bonds. The van der Waals surface area contributed by atoms with Gasteiger partial charge in [-0.2, -0.15) is 0 Å². The van der Waals surface area contributed by atoms with Crippen molar-refractivity contribution in [3.8, 4) is 0 Å². The van der Waals surface area contributed by atoms with Crippen molar-refractivity contribution in [2.75, 3.05) is 5.32 Å². The van der Waals surface area contributed by atoms with Gasteiger partial charge in [0.05, 0.1) is 5.69 Å². The minimum absolute atomic E-state index is 0.0637. The molecule has 0 radical (unpaired) electrons. The van der Waals surface area contributed by atoms with Crippen molar-refractivity contribution in [1.29, 1.82) is 0 Å². The van der Waals surface area contributed by atoms with Crippen LogP contribution in [-0.2, 0) is 0 Å². The number of benzene rings is 1. The Kier molecular flexibility index (Phi) is 4.70. The Morgan fingerprint density at radius 1 is 1.50 bits per heavy atom. The topological polar surface area (TPSA) is 62.4 Å². The van der Waals surface area contributed by atoms with E-state index in [2.05, 4.69) is 31.7 Å².